The van der Waals surface area contributed by atoms with Gasteiger partial charge >= 0.3 is 0 Å². The molecule has 6 heteroatoms. The summed E-state index contributed by atoms with van der Waals surface area (Å²) in [4.78, 5) is 18.6. The Hall–Kier alpha value is -1.61. The van der Waals surface area contributed by atoms with E-state index in [1.807, 2.05) is 12.3 Å². The first-order chi connectivity index (χ1) is 6.81. The molecule has 14 heavy (non-hydrogen) atoms. The van der Waals surface area contributed by atoms with E-state index in [1.165, 1.54) is 18.0 Å². The average molecular weight is 208 g/mol. The lowest BCUT2D eigenvalue weighted by atomic mass is 10.3. The van der Waals surface area contributed by atoms with Gasteiger partial charge in [-0.2, -0.15) is 5.26 Å². The van der Waals surface area contributed by atoms with Crippen LogP contribution in [-0.2, 0) is 0 Å². The van der Waals surface area contributed by atoms with Gasteiger partial charge in [-0.05, 0) is 6.26 Å². The van der Waals surface area contributed by atoms with Crippen LogP contribution >= 0.6 is 11.8 Å². The number of nitrogens with zero attached hydrogens (tertiary/aromatic N) is 3. The number of carbonyl (C=O) groups is 1. The van der Waals surface area contributed by atoms with Crippen LogP contribution in [0.2, 0.25) is 0 Å². The number of anilines is 1. The molecule has 1 rings (SSSR count). The molecule has 5 nitrogen and oxygen atoms in total. The van der Waals surface area contributed by atoms with Crippen molar-refractivity contribution in [3.63, 3.8) is 0 Å². The minimum Gasteiger partial charge on any atom is -0.356 e. The topological polar surface area (TPSA) is 78.7 Å². The fraction of sp³-hybridized carbons (Fsp3) is 0.250. The van der Waals surface area contributed by atoms with Crippen LogP contribution in [0.1, 0.15) is 10.4 Å². The van der Waals surface area contributed by atoms with Crippen LogP contribution in [0.3, 0.4) is 0 Å². The van der Waals surface area contributed by atoms with E-state index in [1.54, 1.807) is 0 Å². The first kappa shape index (κ1) is 10.5. The maximum Gasteiger partial charge on any atom is 0.189 e. The molecule has 0 bridgehead atoms. The van der Waals surface area contributed by atoms with E-state index in [0.29, 0.717) is 22.8 Å². The van der Waals surface area contributed by atoms with E-state index in [-0.39, 0.29) is 6.54 Å². The Morgan fingerprint density at radius 1 is 1.79 bits per heavy atom. The lowest BCUT2D eigenvalue weighted by Gasteiger charge is -2.04. The molecular formula is C8H8N4OS. The Balaban J connectivity index is 2.97. The number of rotatable bonds is 4. The third-order valence-electron chi connectivity index (χ3n) is 1.44. The van der Waals surface area contributed by atoms with Gasteiger partial charge in [-0.15, -0.1) is 0 Å². The fourth-order valence-corrected chi connectivity index (χ4v) is 1.17. The van der Waals surface area contributed by atoms with Crippen LogP contribution in [-0.4, -0.2) is 29.1 Å². The largest absolute Gasteiger partial charge is 0.356 e. The zero-order chi connectivity index (χ0) is 10.4. The number of nitrogens with one attached hydrogen (secondary N) is 1. The van der Waals surface area contributed by atoms with Gasteiger partial charge in [-0.25, -0.2) is 9.97 Å². The van der Waals surface area contributed by atoms with Crippen molar-refractivity contribution in [3.05, 3.63) is 11.8 Å². The molecule has 0 aliphatic heterocycles. The monoisotopic (exact) mass is 208 g/mol. The summed E-state index contributed by atoms with van der Waals surface area (Å²) >= 11 is 1.37. The second kappa shape index (κ2) is 5.19. The minimum atomic E-state index is 0.117. The number of aldehydes is 1. The van der Waals surface area contributed by atoms with Gasteiger partial charge in [0.25, 0.3) is 0 Å². The Kier molecular flexibility index (Phi) is 3.88. The van der Waals surface area contributed by atoms with Gasteiger partial charge in [0.05, 0.1) is 11.6 Å². The van der Waals surface area contributed by atoms with E-state index in [0.717, 1.165) is 0 Å². The molecule has 0 saturated carbocycles. The predicted molar refractivity (Wildman–Crippen MR) is 53.3 cm³/mol. The highest BCUT2D eigenvalue weighted by Crippen LogP contribution is 2.14. The molecule has 0 fully saturated rings. The second-order valence-electron chi connectivity index (χ2n) is 2.29. The van der Waals surface area contributed by atoms with Gasteiger partial charge < -0.3 is 5.32 Å². The van der Waals surface area contributed by atoms with E-state index >= 15 is 0 Å². The van der Waals surface area contributed by atoms with Crippen molar-refractivity contribution >= 4 is 23.9 Å². The molecule has 1 heterocycles. The van der Waals surface area contributed by atoms with Gasteiger partial charge in [-0.3, -0.25) is 4.79 Å². The van der Waals surface area contributed by atoms with Crippen molar-refractivity contribution in [2.45, 2.75) is 5.16 Å². The zero-order valence-electron chi connectivity index (χ0n) is 7.52. The van der Waals surface area contributed by atoms with Crippen molar-refractivity contribution in [2.75, 3.05) is 18.1 Å². The first-order valence-electron chi connectivity index (χ1n) is 3.79. The van der Waals surface area contributed by atoms with E-state index < -0.39 is 0 Å². The van der Waals surface area contributed by atoms with Crippen molar-refractivity contribution in [1.29, 1.82) is 5.26 Å². The Bertz CT molecular complexity index is 374. The summed E-state index contributed by atoms with van der Waals surface area (Å²) in [6.45, 7) is 0.117. The molecule has 1 aromatic rings. The molecule has 0 saturated heterocycles. The van der Waals surface area contributed by atoms with E-state index in [9.17, 15) is 4.79 Å². The van der Waals surface area contributed by atoms with Crippen LogP contribution in [0.15, 0.2) is 11.4 Å². The van der Waals surface area contributed by atoms with E-state index in [2.05, 4.69) is 15.3 Å². The van der Waals surface area contributed by atoms with Gasteiger partial charge in [0, 0.05) is 6.20 Å². The molecule has 0 aliphatic carbocycles. The van der Waals surface area contributed by atoms with Crippen LogP contribution in [0.4, 0.5) is 5.82 Å². The first-order valence-corrected chi connectivity index (χ1v) is 5.01. The van der Waals surface area contributed by atoms with Crippen molar-refractivity contribution in [1.82, 2.24) is 9.97 Å². The molecule has 0 spiro atoms. The maximum atomic E-state index is 10.6. The molecular weight excluding hydrogens is 200 g/mol. The average Bonchev–Trinajstić information content (AvgIpc) is 2.25. The van der Waals surface area contributed by atoms with Crippen LogP contribution in [0.5, 0.6) is 0 Å². The molecule has 0 aromatic carbocycles. The summed E-state index contributed by atoms with van der Waals surface area (Å²) in [6.07, 6.45) is 3.93. The molecule has 0 unspecified atom stereocenters. The summed E-state index contributed by atoms with van der Waals surface area (Å²) in [5.74, 6) is 0.404. The third-order valence-corrected chi connectivity index (χ3v) is 2.00. The molecule has 0 atom stereocenters. The summed E-state index contributed by atoms with van der Waals surface area (Å²) in [6, 6.07) is 1.91. The van der Waals surface area contributed by atoms with Gasteiger partial charge in [0.1, 0.15) is 12.4 Å². The highest BCUT2D eigenvalue weighted by atomic mass is 32.2. The lowest BCUT2D eigenvalue weighted by molar-refractivity contribution is 0.112. The van der Waals surface area contributed by atoms with Crippen molar-refractivity contribution < 1.29 is 4.79 Å². The number of hydrogen-bond acceptors (Lipinski definition) is 6. The molecule has 0 aliphatic rings. The molecule has 1 N–H and O–H groups in total. The number of aromatic nitrogens is 2. The molecule has 0 amide bonds. The van der Waals surface area contributed by atoms with Gasteiger partial charge in [-0.1, -0.05) is 11.8 Å². The van der Waals surface area contributed by atoms with Crippen LogP contribution < -0.4 is 5.32 Å². The second-order valence-corrected chi connectivity index (χ2v) is 3.06. The smallest absolute Gasteiger partial charge is 0.189 e. The lowest BCUT2D eigenvalue weighted by Crippen LogP contribution is -2.05. The molecule has 0 radical (unpaired) electrons. The predicted octanol–water partition coefficient (Wildman–Crippen LogP) is 0.946. The highest BCUT2D eigenvalue weighted by molar-refractivity contribution is 7.98. The van der Waals surface area contributed by atoms with Crippen LogP contribution in [0.25, 0.3) is 0 Å². The summed E-state index contributed by atoms with van der Waals surface area (Å²) in [5.41, 5.74) is 0.359. The molecule has 72 valence electrons. The SMILES string of the molecule is CSc1ncc(C=O)c(NCC#N)n1. The zero-order valence-corrected chi connectivity index (χ0v) is 8.34. The minimum absolute atomic E-state index is 0.117. The van der Waals surface area contributed by atoms with Gasteiger partial charge in [0.2, 0.25) is 0 Å². The summed E-state index contributed by atoms with van der Waals surface area (Å²) in [7, 11) is 0. The third kappa shape index (κ3) is 2.44. The summed E-state index contributed by atoms with van der Waals surface area (Å²) < 4.78 is 0. The van der Waals surface area contributed by atoms with Crippen molar-refractivity contribution in [2.24, 2.45) is 0 Å². The van der Waals surface area contributed by atoms with Crippen LogP contribution in [0, 0.1) is 11.3 Å². The number of carbonyl (C=O) groups excluding carboxylic acids is 1. The number of hydrogen-bond donors (Lipinski definition) is 1. The standard InChI is InChI=1S/C8H8N4OS/c1-14-8-11-4-6(5-13)7(12-8)10-3-2-9/h4-5H,3H2,1H3,(H,10,11,12). The Morgan fingerprint density at radius 2 is 2.57 bits per heavy atom. The van der Waals surface area contributed by atoms with E-state index in [4.69, 9.17) is 5.26 Å². The Labute approximate surface area is 85.6 Å². The van der Waals surface area contributed by atoms with Gasteiger partial charge in [0.15, 0.2) is 11.4 Å². The quantitative estimate of drug-likeness (QED) is 0.343. The number of thioether (sulfide) groups is 1. The van der Waals surface area contributed by atoms with Crippen molar-refractivity contribution in [3.8, 4) is 6.07 Å². The summed E-state index contributed by atoms with van der Waals surface area (Å²) in [5, 5.41) is 11.7. The highest BCUT2D eigenvalue weighted by Gasteiger charge is 2.04. The normalized spacial score (nSPS) is 9.14. The molecule has 1 aromatic heterocycles. The maximum absolute atomic E-state index is 10.6. The number of nitriles is 1. The Morgan fingerprint density at radius 3 is 3.14 bits per heavy atom. The fourth-order valence-electron chi connectivity index (χ4n) is 0.824.